The van der Waals surface area contributed by atoms with E-state index < -0.39 is 5.97 Å². The summed E-state index contributed by atoms with van der Waals surface area (Å²) in [4.78, 5) is 13.5. The van der Waals surface area contributed by atoms with Crippen LogP contribution in [0.2, 0.25) is 0 Å². The Hall–Kier alpha value is -1.35. The molecule has 1 aromatic carbocycles. The molecule has 0 bridgehead atoms. The summed E-state index contributed by atoms with van der Waals surface area (Å²) in [6.07, 6.45) is 2.25. The van der Waals surface area contributed by atoms with Gasteiger partial charge in [0.1, 0.15) is 0 Å². The van der Waals surface area contributed by atoms with Gasteiger partial charge in [-0.05, 0) is 35.9 Å². The fraction of sp³-hybridized carbons (Fsp3) is 0.611. The maximum atomic E-state index is 11.2. The molecule has 0 saturated heterocycles. The monoisotopic (exact) mass is 289 g/mol. The highest BCUT2D eigenvalue weighted by atomic mass is 16.4. The zero-order valence-electron chi connectivity index (χ0n) is 13.6. The first-order valence-corrected chi connectivity index (χ1v) is 7.93. The zero-order valence-corrected chi connectivity index (χ0v) is 13.6. The van der Waals surface area contributed by atoms with Crippen LogP contribution in [0.4, 0.5) is 0 Å². The van der Waals surface area contributed by atoms with Crippen LogP contribution in [0.1, 0.15) is 57.7 Å². The van der Waals surface area contributed by atoms with Crippen LogP contribution >= 0.6 is 0 Å². The molecule has 2 rings (SSSR count). The van der Waals surface area contributed by atoms with Crippen molar-refractivity contribution in [3.63, 3.8) is 0 Å². The third-order valence-corrected chi connectivity index (χ3v) is 4.87. The molecule has 3 heteroatoms. The highest BCUT2D eigenvalue weighted by Crippen LogP contribution is 2.43. The minimum atomic E-state index is -0.710. The number of carbonyl (C=O) groups is 1. The lowest BCUT2D eigenvalue weighted by Gasteiger charge is -2.42. The lowest BCUT2D eigenvalue weighted by Crippen LogP contribution is -2.39. The molecule has 0 amide bonds. The van der Waals surface area contributed by atoms with Gasteiger partial charge >= 0.3 is 5.97 Å². The van der Waals surface area contributed by atoms with E-state index in [1.165, 1.54) is 11.1 Å². The predicted octanol–water partition coefficient (Wildman–Crippen LogP) is 3.84. The Bertz CT molecular complexity index is 510. The Labute approximate surface area is 128 Å². The minimum absolute atomic E-state index is 0.213. The van der Waals surface area contributed by atoms with E-state index in [1.54, 1.807) is 6.92 Å². The van der Waals surface area contributed by atoms with Crippen molar-refractivity contribution in [3.8, 4) is 0 Å². The van der Waals surface area contributed by atoms with Gasteiger partial charge in [0.2, 0.25) is 0 Å². The number of benzene rings is 1. The SMILES string of the molecule is CCN(CC(C)C(=O)O)C1CCC(C)(C)c2ccccc21. The van der Waals surface area contributed by atoms with E-state index in [0.717, 1.165) is 19.4 Å². The van der Waals surface area contributed by atoms with Crippen LogP contribution in [0.3, 0.4) is 0 Å². The smallest absolute Gasteiger partial charge is 0.307 e. The molecule has 0 aliphatic heterocycles. The molecule has 2 unspecified atom stereocenters. The third-order valence-electron chi connectivity index (χ3n) is 4.87. The number of carboxylic acids is 1. The van der Waals surface area contributed by atoms with Crippen LogP contribution in [0.15, 0.2) is 24.3 Å². The van der Waals surface area contributed by atoms with Crippen molar-refractivity contribution in [2.24, 2.45) is 5.92 Å². The Kier molecular flexibility index (Phi) is 4.72. The highest BCUT2D eigenvalue weighted by molar-refractivity contribution is 5.69. The van der Waals surface area contributed by atoms with E-state index in [0.29, 0.717) is 12.6 Å². The van der Waals surface area contributed by atoms with Gasteiger partial charge in [0, 0.05) is 12.6 Å². The Morgan fingerprint density at radius 2 is 2.10 bits per heavy atom. The van der Waals surface area contributed by atoms with Crippen LogP contribution in [0.25, 0.3) is 0 Å². The molecule has 0 fully saturated rings. The van der Waals surface area contributed by atoms with Crippen LogP contribution in [-0.2, 0) is 10.2 Å². The standard InChI is InChI=1S/C18H27NO2/c1-5-19(12-13(2)17(20)21)16-10-11-18(3,4)15-9-7-6-8-14(15)16/h6-9,13,16H,5,10-12H2,1-4H3,(H,20,21). The Morgan fingerprint density at radius 3 is 2.71 bits per heavy atom. The van der Waals surface area contributed by atoms with Crippen LogP contribution in [0.5, 0.6) is 0 Å². The van der Waals surface area contributed by atoms with Crippen molar-refractivity contribution in [3.05, 3.63) is 35.4 Å². The van der Waals surface area contributed by atoms with Gasteiger partial charge in [-0.25, -0.2) is 0 Å². The summed E-state index contributed by atoms with van der Waals surface area (Å²) in [6, 6.07) is 9.01. The molecule has 0 aromatic heterocycles. The second-order valence-corrected chi connectivity index (χ2v) is 6.85. The molecule has 21 heavy (non-hydrogen) atoms. The fourth-order valence-corrected chi connectivity index (χ4v) is 3.48. The quantitative estimate of drug-likeness (QED) is 0.895. The van der Waals surface area contributed by atoms with Crippen molar-refractivity contribution in [2.75, 3.05) is 13.1 Å². The molecule has 0 spiro atoms. The number of hydrogen-bond acceptors (Lipinski definition) is 2. The molecule has 116 valence electrons. The van der Waals surface area contributed by atoms with Crippen molar-refractivity contribution in [1.82, 2.24) is 4.90 Å². The molecule has 3 nitrogen and oxygen atoms in total. The first-order chi connectivity index (χ1) is 9.86. The molecule has 1 aliphatic carbocycles. The average molecular weight is 289 g/mol. The van der Waals surface area contributed by atoms with Crippen molar-refractivity contribution >= 4 is 5.97 Å². The van der Waals surface area contributed by atoms with Gasteiger partial charge in [0.15, 0.2) is 0 Å². The molecule has 0 radical (unpaired) electrons. The number of hydrogen-bond donors (Lipinski definition) is 1. The molecule has 0 saturated carbocycles. The van der Waals surface area contributed by atoms with Crippen LogP contribution in [0, 0.1) is 5.92 Å². The number of aliphatic carboxylic acids is 1. The number of nitrogens with zero attached hydrogens (tertiary/aromatic N) is 1. The topological polar surface area (TPSA) is 40.5 Å². The first-order valence-electron chi connectivity index (χ1n) is 7.93. The van der Waals surface area contributed by atoms with E-state index in [2.05, 4.69) is 49.9 Å². The maximum Gasteiger partial charge on any atom is 0.307 e. The van der Waals surface area contributed by atoms with Crippen molar-refractivity contribution < 1.29 is 9.90 Å². The van der Waals surface area contributed by atoms with Gasteiger partial charge in [0.25, 0.3) is 0 Å². The van der Waals surface area contributed by atoms with Gasteiger partial charge < -0.3 is 5.11 Å². The summed E-state index contributed by atoms with van der Waals surface area (Å²) in [5.74, 6) is -1.04. The largest absolute Gasteiger partial charge is 0.481 e. The summed E-state index contributed by atoms with van der Waals surface area (Å²) >= 11 is 0. The Morgan fingerprint density at radius 1 is 1.43 bits per heavy atom. The molecule has 2 atom stereocenters. The number of rotatable bonds is 5. The summed E-state index contributed by atoms with van der Waals surface area (Å²) in [5.41, 5.74) is 3.01. The highest BCUT2D eigenvalue weighted by Gasteiger charge is 2.35. The van der Waals surface area contributed by atoms with Crippen molar-refractivity contribution in [1.29, 1.82) is 0 Å². The summed E-state index contributed by atoms with van der Waals surface area (Å²) in [5, 5.41) is 9.18. The predicted molar refractivity (Wildman–Crippen MR) is 85.5 cm³/mol. The van der Waals surface area contributed by atoms with Gasteiger partial charge in [0.05, 0.1) is 5.92 Å². The second kappa shape index (κ2) is 6.18. The molecular weight excluding hydrogens is 262 g/mol. The number of carboxylic acid groups (broad SMARTS) is 1. The molecule has 1 aromatic rings. The molecule has 0 heterocycles. The fourth-order valence-electron chi connectivity index (χ4n) is 3.48. The lowest BCUT2D eigenvalue weighted by molar-refractivity contribution is -0.142. The maximum absolute atomic E-state index is 11.2. The van der Waals surface area contributed by atoms with Gasteiger partial charge in [-0.3, -0.25) is 9.69 Å². The van der Waals surface area contributed by atoms with E-state index in [4.69, 9.17) is 0 Å². The second-order valence-electron chi connectivity index (χ2n) is 6.85. The summed E-state index contributed by atoms with van der Waals surface area (Å²) < 4.78 is 0. The van der Waals surface area contributed by atoms with Crippen LogP contribution in [-0.4, -0.2) is 29.1 Å². The van der Waals surface area contributed by atoms with Gasteiger partial charge in [-0.1, -0.05) is 52.0 Å². The molecule has 1 aliphatic rings. The van der Waals surface area contributed by atoms with E-state index in [9.17, 15) is 9.90 Å². The van der Waals surface area contributed by atoms with Gasteiger partial charge in [-0.2, -0.15) is 0 Å². The van der Waals surface area contributed by atoms with Crippen LogP contribution < -0.4 is 0 Å². The average Bonchev–Trinajstić information content (AvgIpc) is 2.45. The lowest BCUT2D eigenvalue weighted by atomic mass is 9.70. The zero-order chi connectivity index (χ0) is 15.6. The normalized spacial score (nSPS) is 21.9. The van der Waals surface area contributed by atoms with Gasteiger partial charge in [-0.15, -0.1) is 0 Å². The van der Waals surface area contributed by atoms with Crippen molar-refractivity contribution in [2.45, 2.75) is 52.0 Å². The van der Waals surface area contributed by atoms with E-state index in [-0.39, 0.29) is 11.3 Å². The summed E-state index contributed by atoms with van der Waals surface area (Å²) in [7, 11) is 0. The Balaban J connectivity index is 2.29. The molecule has 1 N–H and O–H groups in total. The molecular formula is C18H27NO2. The number of fused-ring (bicyclic) bond motifs is 1. The third kappa shape index (κ3) is 3.29. The summed E-state index contributed by atoms with van der Waals surface area (Å²) in [6.45, 7) is 10.0. The minimum Gasteiger partial charge on any atom is -0.481 e. The van der Waals surface area contributed by atoms with E-state index in [1.807, 2.05) is 0 Å². The first kappa shape index (κ1) is 16.0. The van der Waals surface area contributed by atoms with E-state index >= 15 is 0 Å².